The molecule has 5 atom stereocenters. The molecule has 0 aliphatic heterocycles. The predicted molar refractivity (Wildman–Crippen MR) is 124 cm³/mol. The van der Waals surface area contributed by atoms with E-state index in [2.05, 4.69) is 4.98 Å². The van der Waals surface area contributed by atoms with Gasteiger partial charge in [0.25, 0.3) is 10.1 Å². The molecular formula is C25H30FNO5S. The summed E-state index contributed by atoms with van der Waals surface area (Å²) in [5.74, 6) is 0.372. The second-order valence-corrected chi connectivity index (χ2v) is 10.5. The second kappa shape index (κ2) is 10.4. The van der Waals surface area contributed by atoms with Crippen LogP contribution < -0.4 is 0 Å². The number of benzene rings is 1. The van der Waals surface area contributed by atoms with Gasteiger partial charge in [-0.15, -0.1) is 0 Å². The Kier molecular flexibility index (Phi) is 7.58. The summed E-state index contributed by atoms with van der Waals surface area (Å²) >= 11 is 0. The summed E-state index contributed by atoms with van der Waals surface area (Å²) in [5.41, 5.74) is 2.36. The third-order valence-corrected chi connectivity index (χ3v) is 7.20. The highest BCUT2D eigenvalue weighted by Gasteiger charge is 2.46. The normalized spacial score (nSPS) is 27.7. The fraction of sp³-hybridized carbons (Fsp3) is 0.480. The van der Waals surface area contributed by atoms with E-state index in [0.29, 0.717) is 18.3 Å². The molecule has 2 aromatic rings. The van der Waals surface area contributed by atoms with Gasteiger partial charge in [-0.05, 0) is 67.4 Å². The van der Waals surface area contributed by atoms with Gasteiger partial charge in [-0.1, -0.05) is 24.3 Å². The van der Waals surface area contributed by atoms with Gasteiger partial charge in [-0.2, -0.15) is 8.42 Å². The molecule has 8 heteroatoms. The second-order valence-electron chi connectivity index (χ2n) is 8.93. The van der Waals surface area contributed by atoms with Crippen molar-refractivity contribution in [3.63, 3.8) is 0 Å². The molecule has 6 nitrogen and oxygen atoms in total. The van der Waals surface area contributed by atoms with E-state index < -0.39 is 10.1 Å². The molecule has 0 radical (unpaired) electrons. The minimum Gasteiger partial charge on any atom is -0.359 e. The Hall–Kier alpha value is -2.13. The third-order valence-electron chi connectivity index (χ3n) is 6.61. The lowest BCUT2D eigenvalue weighted by molar-refractivity contribution is -0.0930. The average molecular weight is 476 g/mol. The van der Waals surface area contributed by atoms with Crippen molar-refractivity contribution in [1.82, 2.24) is 4.98 Å². The summed E-state index contributed by atoms with van der Waals surface area (Å²) in [7, 11) is -1.96. The first kappa shape index (κ1) is 24.0. The number of hydrogen-bond acceptors (Lipinski definition) is 6. The van der Waals surface area contributed by atoms with Crippen molar-refractivity contribution in [2.45, 2.75) is 37.9 Å². The van der Waals surface area contributed by atoms with Crippen molar-refractivity contribution in [3.05, 3.63) is 60.2 Å². The van der Waals surface area contributed by atoms with E-state index in [1.807, 2.05) is 30.4 Å². The molecule has 2 aliphatic carbocycles. The van der Waals surface area contributed by atoms with E-state index in [1.165, 1.54) is 12.1 Å². The van der Waals surface area contributed by atoms with E-state index in [9.17, 15) is 12.8 Å². The topological polar surface area (TPSA) is 74.7 Å². The smallest absolute Gasteiger partial charge is 0.264 e. The van der Waals surface area contributed by atoms with Crippen LogP contribution in [0.15, 0.2) is 48.7 Å². The lowest BCUT2D eigenvalue weighted by atomic mass is 9.76. The molecule has 178 valence electrons. The Morgan fingerprint density at radius 2 is 2.00 bits per heavy atom. The lowest BCUT2D eigenvalue weighted by Gasteiger charge is -2.33. The summed E-state index contributed by atoms with van der Waals surface area (Å²) < 4.78 is 53.6. The molecule has 2 fully saturated rings. The number of pyridine rings is 1. The van der Waals surface area contributed by atoms with Gasteiger partial charge in [0.05, 0.1) is 24.2 Å². The minimum atomic E-state index is -3.57. The Balaban J connectivity index is 1.49. The van der Waals surface area contributed by atoms with E-state index >= 15 is 0 Å². The van der Waals surface area contributed by atoms with Crippen molar-refractivity contribution in [3.8, 4) is 11.1 Å². The molecule has 0 saturated heterocycles. The van der Waals surface area contributed by atoms with Gasteiger partial charge in [0.2, 0.25) is 0 Å². The maximum Gasteiger partial charge on any atom is 0.264 e. The van der Waals surface area contributed by atoms with Crippen LogP contribution in [0.5, 0.6) is 0 Å². The van der Waals surface area contributed by atoms with Gasteiger partial charge < -0.3 is 9.47 Å². The number of halogens is 1. The largest absolute Gasteiger partial charge is 0.359 e. The Morgan fingerprint density at radius 1 is 1.15 bits per heavy atom. The summed E-state index contributed by atoms with van der Waals surface area (Å²) in [6.07, 6.45) is 9.96. The first-order chi connectivity index (χ1) is 15.8. The van der Waals surface area contributed by atoms with Crippen LogP contribution in [0.1, 0.15) is 31.4 Å². The summed E-state index contributed by atoms with van der Waals surface area (Å²) in [4.78, 5) is 4.49. The van der Waals surface area contributed by atoms with Gasteiger partial charge in [0, 0.05) is 24.8 Å². The maximum atomic E-state index is 13.5. The summed E-state index contributed by atoms with van der Waals surface area (Å²) in [6.45, 7) is 0.270. The zero-order chi connectivity index (χ0) is 23.4. The quantitative estimate of drug-likeness (QED) is 0.408. The first-order valence-electron chi connectivity index (χ1n) is 11.2. The SMILES string of the molecule is COCO[C@@H]1CC[C@@H]2[C@@H](C1)C[C@H](OS(C)(=O)=O)[C@H]2C=Cc1ccc(-c2cccc(F)c2)cn1. The summed E-state index contributed by atoms with van der Waals surface area (Å²) in [5, 5.41) is 0. The van der Waals surface area contributed by atoms with Crippen LogP contribution in [-0.4, -0.2) is 45.8 Å². The summed E-state index contributed by atoms with van der Waals surface area (Å²) in [6, 6.07) is 10.2. The molecule has 4 rings (SSSR count). The third kappa shape index (κ3) is 6.26. The Labute approximate surface area is 194 Å². The lowest BCUT2D eigenvalue weighted by Crippen LogP contribution is -2.30. The van der Waals surface area contributed by atoms with E-state index in [-0.39, 0.29) is 30.7 Å². The van der Waals surface area contributed by atoms with Crippen LogP contribution in [0.25, 0.3) is 17.2 Å². The molecule has 0 spiro atoms. The maximum absolute atomic E-state index is 13.5. The highest BCUT2D eigenvalue weighted by atomic mass is 32.2. The number of rotatable bonds is 8. The van der Waals surface area contributed by atoms with Crippen LogP contribution in [0.4, 0.5) is 4.39 Å². The zero-order valence-corrected chi connectivity index (χ0v) is 19.7. The van der Waals surface area contributed by atoms with E-state index in [4.69, 9.17) is 13.7 Å². The van der Waals surface area contributed by atoms with Crippen LogP contribution in [0, 0.1) is 23.6 Å². The highest BCUT2D eigenvalue weighted by molar-refractivity contribution is 7.86. The molecular weight excluding hydrogens is 445 g/mol. The molecule has 33 heavy (non-hydrogen) atoms. The van der Waals surface area contributed by atoms with Gasteiger partial charge >= 0.3 is 0 Å². The Bertz CT molecular complexity index is 1070. The molecule has 2 saturated carbocycles. The van der Waals surface area contributed by atoms with Crippen LogP contribution >= 0.6 is 0 Å². The number of ether oxygens (including phenoxy) is 2. The van der Waals surface area contributed by atoms with Crippen molar-refractivity contribution in [2.75, 3.05) is 20.2 Å². The molecule has 0 bridgehead atoms. The predicted octanol–water partition coefficient (Wildman–Crippen LogP) is 4.67. The van der Waals surface area contributed by atoms with Gasteiger partial charge in [-0.25, -0.2) is 4.39 Å². The molecule has 1 aromatic carbocycles. The van der Waals surface area contributed by atoms with Crippen molar-refractivity contribution in [2.24, 2.45) is 17.8 Å². The van der Waals surface area contributed by atoms with E-state index in [0.717, 1.165) is 42.3 Å². The van der Waals surface area contributed by atoms with Crippen molar-refractivity contribution < 1.29 is 26.5 Å². The van der Waals surface area contributed by atoms with Crippen LogP contribution in [-0.2, 0) is 23.8 Å². The Morgan fingerprint density at radius 3 is 2.70 bits per heavy atom. The van der Waals surface area contributed by atoms with Crippen LogP contribution in [0.2, 0.25) is 0 Å². The molecule has 0 unspecified atom stereocenters. The average Bonchev–Trinajstić information content (AvgIpc) is 3.11. The van der Waals surface area contributed by atoms with Gasteiger partial charge in [-0.3, -0.25) is 9.17 Å². The van der Waals surface area contributed by atoms with Gasteiger partial charge in [0.1, 0.15) is 12.6 Å². The fourth-order valence-corrected chi connectivity index (χ4v) is 5.87. The number of nitrogens with zero attached hydrogens (tertiary/aromatic N) is 1. The zero-order valence-electron chi connectivity index (χ0n) is 18.9. The number of hydrogen-bond donors (Lipinski definition) is 0. The van der Waals surface area contributed by atoms with Crippen molar-refractivity contribution >= 4 is 16.2 Å². The van der Waals surface area contributed by atoms with Crippen LogP contribution in [0.3, 0.4) is 0 Å². The number of fused-ring (bicyclic) bond motifs is 1. The monoisotopic (exact) mass is 475 g/mol. The standard InChI is InChI=1S/C25H30FNO5S/c1-30-16-31-22-9-11-23-19(13-22)14-25(32-33(2,28)29)24(23)10-8-21-7-6-18(15-27-21)17-4-3-5-20(26)12-17/h3-8,10,12,15,19,22-25H,9,11,13-14,16H2,1-2H3/t19-,22+,23+,24-,25-/m0/s1. The molecule has 0 amide bonds. The minimum absolute atomic E-state index is 0.0159. The highest BCUT2D eigenvalue weighted by Crippen LogP contribution is 2.48. The number of aromatic nitrogens is 1. The van der Waals surface area contributed by atoms with Crippen molar-refractivity contribution in [1.29, 1.82) is 0 Å². The van der Waals surface area contributed by atoms with E-state index in [1.54, 1.807) is 19.4 Å². The number of methoxy groups -OCH3 is 1. The molecule has 2 aliphatic rings. The van der Waals surface area contributed by atoms with Gasteiger partial charge in [0.15, 0.2) is 0 Å². The molecule has 0 N–H and O–H groups in total. The fourth-order valence-electron chi connectivity index (χ4n) is 5.22. The molecule has 1 heterocycles. The molecule has 1 aromatic heterocycles. The first-order valence-corrected chi connectivity index (χ1v) is 13.0.